The summed E-state index contributed by atoms with van der Waals surface area (Å²) in [6.45, 7) is 0.879. The molecule has 0 spiro atoms. The van der Waals surface area contributed by atoms with Crippen LogP contribution in [-0.2, 0) is 11.0 Å². The number of alkyl halides is 3. The zero-order valence-electron chi connectivity index (χ0n) is 14.1. The quantitative estimate of drug-likeness (QED) is 0.759. The van der Waals surface area contributed by atoms with E-state index in [2.05, 4.69) is 4.98 Å². The number of likely N-dealkylation sites (N-methyl/N-ethyl adjacent to an activating group) is 1. The van der Waals surface area contributed by atoms with Gasteiger partial charge in [-0.2, -0.15) is 13.2 Å². The molecular weight excluding hydrogens is 341 g/mol. The SMILES string of the molecule is CN1CC(=Cc2cccc(C(F)(F)F)c2)C(=O)/C(=C/c2ccncc2)C1. The van der Waals surface area contributed by atoms with E-state index in [0.717, 1.165) is 17.7 Å². The average molecular weight is 358 g/mol. The van der Waals surface area contributed by atoms with Crippen LogP contribution >= 0.6 is 0 Å². The molecule has 0 atom stereocenters. The van der Waals surface area contributed by atoms with E-state index in [1.165, 1.54) is 12.1 Å². The molecule has 0 saturated carbocycles. The van der Waals surface area contributed by atoms with Crippen molar-refractivity contribution in [2.24, 2.45) is 0 Å². The molecule has 2 aromatic rings. The van der Waals surface area contributed by atoms with Crippen molar-refractivity contribution in [2.75, 3.05) is 20.1 Å². The zero-order chi connectivity index (χ0) is 18.7. The molecule has 1 aliphatic rings. The number of benzene rings is 1. The summed E-state index contributed by atoms with van der Waals surface area (Å²) in [5, 5.41) is 0. The third kappa shape index (κ3) is 4.26. The molecule has 0 amide bonds. The number of likely N-dealkylation sites (tertiary alicyclic amines) is 1. The van der Waals surface area contributed by atoms with Crippen molar-refractivity contribution >= 4 is 17.9 Å². The van der Waals surface area contributed by atoms with Gasteiger partial charge in [-0.25, -0.2) is 0 Å². The first-order valence-corrected chi connectivity index (χ1v) is 8.04. The van der Waals surface area contributed by atoms with Crippen LogP contribution in [0.25, 0.3) is 12.2 Å². The van der Waals surface area contributed by atoms with Gasteiger partial charge in [-0.05, 0) is 54.6 Å². The van der Waals surface area contributed by atoms with Crippen LogP contribution in [0.15, 0.2) is 59.9 Å². The third-order valence-electron chi connectivity index (χ3n) is 4.07. The molecule has 2 heterocycles. The highest BCUT2D eigenvalue weighted by Crippen LogP contribution is 2.30. The number of carbonyl (C=O) groups excluding carboxylic acids is 1. The molecule has 134 valence electrons. The van der Waals surface area contributed by atoms with Crippen molar-refractivity contribution in [1.82, 2.24) is 9.88 Å². The Morgan fingerprint density at radius 2 is 1.62 bits per heavy atom. The molecule has 0 N–H and O–H groups in total. The first-order chi connectivity index (χ1) is 12.3. The Morgan fingerprint density at radius 1 is 1.00 bits per heavy atom. The molecule has 1 aromatic heterocycles. The van der Waals surface area contributed by atoms with Crippen LogP contribution in [-0.4, -0.2) is 35.8 Å². The van der Waals surface area contributed by atoms with Crippen LogP contribution in [0.2, 0.25) is 0 Å². The minimum Gasteiger partial charge on any atom is -0.298 e. The number of aromatic nitrogens is 1. The largest absolute Gasteiger partial charge is 0.416 e. The van der Waals surface area contributed by atoms with E-state index in [4.69, 9.17) is 0 Å². The maximum absolute atomic E-state index is 12.9. The fraction of sp³-hybridized carbons (Fsp3) is 0.200. The number of nitrogens with zero attached hydrogens (tertiary/aromatic N) is 2. The van der Waals surface area contributed by atoms with E-state index in [0.29, 0.717) is 29.8 Å². The monoisotopic (exact) mass is 358 g/mol. The lowest BCUT2D eigenvalue weighted by molar-refractivity contribution is -0.137. The standard InChI is InChI=1S/C20H17F3N2O/c1-25-12-16(9-14-5-7-24-8-6-14)19(26)17(13-25)10-15-3-2-4-18(11-15)20(21,22)23/h2-11H,12-13H2,1H3/b16-9+,17-10?. The molecule has 1 fully saturated rings. The highest BCUT2D eigenvalue weighted by atomic mass is 19.4. The van der Waals surface area contributed by atoms with Gasteiger partial charge >= 0.3 is 6.18 Å². The van der Waals surface area contributed by atoms with E-state index in [9.17, 15) is 18.0 Å². The lowest BCUT2D eigenvalue weighted by Gasteiger charge is -2.26. The van der Waals surface area contributed by atoms with Crippen molar-refractivity contribution in [2.45, 2.75) is 6.18 Å². The second kappa shape index (κ2) is 7.25. The predicted octanol–water partition coefficient (Wildman–Crippen LogP) is 4.08. The molecule has 3 nitrogen and oxygen atoms in total. The predicted molar refractivity (Wildman–Crippen MR) is 94.1 cm³/mol. The number of pyridine rings is 1. The van der Waals surface area contributed by atoms with Gasteiger partial charge in [0.15, 0.2) is 5.78 Å². The van der Waals surface area contributed by atoms with Crippen LogP contribution in [0, 0.1) is 0 Å². The number of carbonyl (C=O) groups is 1. The van der Waals surface area contributed by atoms with Crippen LogP contribution in [0.4, 0.5) is 13.2 Å². The summed E-state index contributed by atoms with van der Waals surface area (Å²) in [6.07, 6.45) is 2.20. The molecule has 26 heavy (non-hydrogen) atoms. The number of ketones is 1. The summed E-state index contributed by atoms with van der Waals surface area (Å²) < 4.78 is 38.6. The molecule has 1 aliphatic heterocycles. The summed E-state index contributed by atoms with van der Waals surface area (Å²) in [4.78, 5) is 18.7. The highest BCUT2D eigenvalue weighted by Gasteiger charge is 2.30. The molecule has 6 heteroatoms. The van der Waals surface area contributed by atoms with Crippen LogP contribution in [0.1, 0.15) is 16.7 Å². The molecule has 0 unspecified atom stereocenters. The van der Waals surface area contributed by atoms with Crippen molar-refractivity contribution < 1.29 is 18.0 Å². The summed E-state index contributed by atoms with van der Waals surface area (Å²) >= 11 is 0. The Kier molecular flexibility index (Phi) is 5.04. The number of hydrogen-bond acceptors (Lipinski definition) is 3. The lowest BCUT2D eigenvalue weighted by atomic mass is 9.94. The third-order valence-corrected chi connectivity index (χ3v) is 4.07. The molecule has 3 rings (SSSR count). The minimum atomic E-state index is -4.41. The van der Waals surface area contributed by atoms with Crippen molar-refractivity contribution in [3.05, 3.63) is 76.6 Å². The number of rotatable bonds is 2. The molecule has 1 saturated heterocycles. The summed E-state index contributed by atoms with van der Waals surface area (Å²) in [7, 11) is 1.87. The summed E-state index contributed by atoms with van der Waals surface area (Å²) in [5.41, 5.74) is 1.57. The van der Waals surface area contributed by atoms with E-state index >= 15 is 0 Å². The van der Waals surface area contributed by atoms with Crippen LogP contribution < -0.4 is 0 Å². The van der Waals surface area contributed by atoms with E-state index in [-0.39, 0.29) is 5.78 Å². The van der Waals surface area contributed by atoms with Gasteiger partial charge < -0.3 is 0 Å². The molecule has 0 radical (unpaired) electrons. The maximum atomic E-state index is 12.9. The smallest absolute Gasteiger partial charge is 0.298 e. The van der Waals surface area contributed by atoms with Crippen molar-refractivity contribution in [1.29, 1.82) is 0 Å². The average Bonchev–Trinajstić information content (AvgIpc) is 2.59. The van der Waals surface area contributed by atoms with E-state index in [1.807, 2.05) is 11.9 Å². The molecule has 1 aromatic carbocycles. The topological polar surface area (TPSA) is 33.2 Å². The summed E-state index contributed by atoms with van der Waals surface area (Å²) in [6, 6.07) is 8.58. The van der Waals surface area contributed by atoms with Crippen molar-refractivity contribution in [3.63, 3.8) is 0 Å². The van der Waals surface area contributed by atoms with Gasteiger partial charge in [0.05, 0.1) is 5.56 Å². The van der Waals surface area contributed by atoms with Crippen LogP contribution in [0.3, 0.4) is 0 Å². The van der Waals surface area contributed by atoms with Gasteiger partial charge in [-0.3, -0.25) is 14.7 Å². The highest BCUT2D eigenvalue weighted by molar-refractivity contribution is 6.14. The Labute approximate surface area is 149 Å². The second-order valence-electron chi connectivity index (χ2n) is 6.24. The first kappa shape index (κ1) is 18.1. The Morgan fingerprint density at radius 3 is 2.23 bits per heavy atom. The van der Waals surface area contributed by atoms with Crippen LogP contribution in [0.5, 0.6) is 0 Å². The second-order valence-corrected chi connectivity index (χ2v) is 6.24. The Balaban J connectivity index is 1.93. The van der Waals surface area contributed by atoms with Gasteiger partial charge in [0.25, 0.3) is 0 Å². The maximum Gasteiger partial charge on any atom is 0.416 e. The minimum absolute atomic E-state index is 0.141. The van der Waals surface area contributed by atoms with Gasteiger partial charge in [0.1, 0.15) is 0 Å². The fourth-order valence-electron chi connectivity index (χ4n) is 2.88. The van der Waals surface area contributed by atoms with Gasteiger partial charge in [-0.15, -0.1) is 0 Å². The van der Waals surface area contributed by atoms with E-state index in [1.54, 1.807) is 36.7 Å². The van der Waals surface area contributed by atoms with E-state index < -0.39 is 11.7 Å². The number of hydrogen-bond donors (Lipinski definition) is 0. The van der Waals surface area contributed by atoms with Gasteiger partial charge in [0, 0.05) is 36.6 Å². The fourth-order valence-corrected chi connectivity index (χ4v) is 2.88. The first-order valence-electron chi connectivity index (χ1n) is 8.04. The Hall–Kier alpha value is -2.73. The molecular formula is C20H17F3N2O. The lowest BCUT2D eigenvalue weighted by Crippen LogP contribution is -2.34. The Bertz CT molecular complexity index is 870. The number of piperidine rings is 1. The van der Waals surface area contributed by atoms with Crippen molar-refractivity contribution in [3.8, 4) is 0 Å². The normalized spacial score (nSPS) is 19.3. The van der Waals surface area contributed by atoms with Gasteiger partial charge in [0.2, 0.25) is 0 Å². The summed E-state index contributed by atoms with van der Waals surface area (Å²) in [5.74, 6) is -0.141. The number of halogens is 3. The number of Topliss-reactive ketones (excluding diaryl/α,β-unsaturated/α-hetero) is 1. The van der Waals surface area contributed by atoms with Gasteiger partial charge in [-0.1, -0.05) is 12.1 Å². The molecule has 0 aliphatic carbocycles. The molecule has 0 bridgehead atoms. The zero-order valence-corrected chi connectivity index (χ0v) is 14.1.